The van der Waals surface area contributed by atoms with Crippen molar-refractivity contribution in [2.24, 2.45) is 0 Å². The molecule has 21 heavy (non-hydrogen) atoms. The molecule has 1 heterocycles. The number of anilines is 2. The van der Waals surface area contributed by atoms with Crippen LogP contribution in [-0.2, 0) is 0 Å². The van der Waals surface area contributed by atoms with Gasteiger partial charge < -0.3 is 11.1 Å². The smallest absolute Gasteiger partial charge is 0.276 e. The number of carbonyl (C=O) groups is 1. The van der Waals surface area contributed by atoms with Gasteiger partial charge >= 0.3 is 0 Å². The van der Waals surface area contributed by atoms with Crippen LogP contribution in [0.2, 0.25) is 5.02 Å². The maximum atomic E-state index is 12.3. The van der Waals surface area contributed by atoms with E-state index in [-0.39, 0.29) is 17.3 Å². The van der Waals surface area contributed by atoms with Gasteiger partial charge in [0.2, 0.25) is 0 Å². The van der Waals surface area contributed by atoms with Crippen LogP contribution in [-0.4, -0.2) is 15.9 Å². The minimum Gasteiger partial charge on any atom is -0.396 e. The van der Waals surface area contributed by atoms with E-state index in [9.17, 15) is 4.79 Å². The van der Waals surface area contributed by atoms with Crippen LogP contribution >= 0.6 is 34.2 Å². The molecule has 0 saturated carbocycles. The lowest BCUT2D eigenvalue weighted by Crippen LogP contribution is -2.18. The fourth-order valence-corrected chi connectivity index (χ4v) is 2.54. The van der Waals surface area contributed by atoms with Crippen molar-refractivity contribution in [3.05, 3.63) is 44.5 Å². The Bertz CT molecular complexity index is 691. The van der Waals surface area contributed by atoms with E-state index >= 15 is 0 Å². The largest absolute Gasteiger partial charge is 0.396 e. The average Bonchev–Trinajstić information content (AvgIpc) is 2.42. The van der Waals surface area contributed by atoms with Crippen LogP contribution in [0.5, 0.6) is 0 Å². The zero-order valence-corrected chi connectivity index (χ0v) is 14.4. The molecule has 110 valence electrons. The average molecular weight is 417 g/mol. The third kappa shape index (κ3) is 3.82. The van der Waals surface area contributed by atoms with Gasteiger partial charge in [0, 0.05) is 9.49 Å². The quantitative estimate of drug-likeness (QED) is 0.748. The van der Waals surface area contributed by atoms with Crippen molar-refractivity contribution < 1.29 is 4.79 Å². The first-order valence-electron chi connectivity index (χ1n) is 6.27. The minimum atomic E-state index is -0.403. The van der Waals surface area contributed by atoms with Crippen molar-refractivity contribution in [2.75, 3.05) is 11.1 Å². The molecule has 0 radical (unpaired) electrons. The normalized spacial score (nSPS) is 10.7. The fourth-order valence-electron chi connectivity index (χ4n) is 1.64. The third-order valence-corrected chi connectivity index (χ3v) is 3.73. The molecule has 2 aromatic rings. The van der Waals surface area contributed by atoms with Crippen LogP contribution in [0.3, 0.4) is 0 Å². The standard InChI is InChI=1S/C14H14ClIN4O/c1-7(2)13-18-6-10(17)12(20-13)14(21)19-11-4-3-8(16)5-9(11)15/h3-7H,17H2,1-2H3,(H,19,21). The van der Waals surface area contributed by atoms with Crippen LogP contribution in [0.15, 0.2) is 24.4 Å². The number of amides is 1. The Morgan fingerprint density at radius 3 is 2.76 bits per heavy atom. The Labute approximate surface area is 141 Å². The summed E-state index contributed by atoms with van der Waals surface area (Å²) < 4.78 is 0.985. The Morgan fingerprint density at radius 1 is 1.43 bits per heavy atom. The van der Waals surface area contributed by atoms with Gasteiger partial charge in [-0.25, -0.2) is 9.97 Å². The topological polar surface area (TPSA) is 80.9 Å². The summed E-state index contributed by atoms with van der Waals surface area (Å²) in [6, 6.07) is 5.36. The van der Waals surface area contributed by atoms with Gasteiger partial charge in [0.25, 0.3) is 5.91 Å². The minimum absolute atomic E-state index is 0.110. The van der Waals surface area contributed by atoms with E-state index in [1.807, 2.05) is 19.9 Å². The van der Waals surface area contributed by atoms with Crippen LogP contribution < -0.4 is 11.1 Å². The van der Waals surface area contributed by atoms with Crippen molar-refractivity contribution in [3.63, 3.8) is 0 Å². The Morgan fingerprint density at radius 2 is 2.14 bits per heavy atom. The molecule has 0 fully saturated rings. The predicted molar refractivity (Wildman–Crippen MR) is 92.7 cm³/mol. The summed E-state index contributed by atoms with van der Waals surface area (Å²) >= 11 is 8.25. The highest BCUT2D eigenvalue weighted by Gasteiger charge is 2.16. The van der Waals surface area contributed by atoms with Gasteiger partial charge in [0.15, 0.2) is 5.69 Å². The summed E-state index contributed by atoms with van der Waals surface area (Å²) in [7, 11) is 0. The van der Waals surface area contributed by atoms with Gasteiger partial charge in [-0.15, -0.1) is 0 Å². The lowest BCUT2D eigenvalue weighted by atomic mass is 10.2. The van der Waals surface area contributed by atoms with Crippen LogP contribution in [0.1, 0.15) is 36.1 Å². The number of hydrogen-bond acceptors (Lipinski definition) is 4. The van der Waals surface area contributed by atoms with E-state index in [0.29, 0.717) is 16.5 Å². The van der Waals surface area contributed by atoms with Gasteiger partial charge in [-0.1, -0.05) is 25.4 Å². The molecule has 1 aromatic carbocycles. The molecule has 7 heteroatoms. The summed E-state index contributed by atoms with van der Waals surface area (Å²) in [5.41, 5.74) is 6.70. The molecule has 0 bridgehead atoms. The maximum Gasteiger partial charge on any atom is 0.276 e. The van der Waals surface area contributed by atoms with Crippen molar-refractivity contribution in [1.82, 2.24) is 9.97 Å². The number of aromatic nitrogens is 2. The highest BCUT2D eigenvalue weighted by atomic mass is 127. The molecule has 1 aromatic heterocycles. The van der Waals surface area contributed by atoms with Crippen molar-refractivity contribution in [3.8, 4) is 0 Å². The Balaban J connectivity index is 2.30. The Hall–Kier alpha value is -1.41. The van der Waals surface area contributed by atoms with E-state index in [2.05, 4.69) is 37.9 Å². The number of hydrogen-bond donors (Lipinski definition) is 2. The molecule has 3 N–H and O–H groups in total. The van der Waals surface area contributed by atoms with Crippen molar-refractivity contribution in [1.29, 1.82) is 0 Å². The van der Waals surface area contributed by atoms with Gasteiger partial charge in [0.05, 0.1) is 22.6 Å². The van der Waals surface area contributed by atoms with Crippen LogP contribution in [0.4, 0.5) is 11.4 Å². The first kappa shape index (κ1) is 16.0. The zero-order chi connectivity index (χ0) is 15.6. The van der Waals surface area contributed by atoms with Gasteiger partial charge in [-0.05, 0) is 40.8 Å². The lowest BCUT2D eigenvalue weighted by Gasteiger charge is -2.10. The SMILES string of the molecule is CC(C)c1ncc(N)c(C(=O)Nc2ccc(I)cc2Cl)n1. The summed E-state index contributed by atoms with van der Waals surface area (Å²) in [6.07, 6.45) is 1.45. The highest BCUT2D eigenvalue weighted by molar-refractivity contribution is 14.1. The first-order valence-corrected chi connectivity index (χ1v) is 7.73. The van der Waals surface area contributed by atoms with E-state index < -0.39 is 5.91 Å². The number of nitrogens with zero attached hydrogens (tertiary/aromatic N) is 2. The maximum absolute atomic E-state index is 12.3. The number of rotatable bonds is 3. The molecule has 0 spiro atoms. The summed E-state index contributed by atoms with van der Waals surface area (Å²) in [5, 5.41) is 3.18. The summed E-state index contributed by atoms with van der Waals surface area (Å²) in [6.45, 7) is 3.90. The molecule has 0 saturated heterocycles. The Kier molecular flexibility index (Phi) is 5.00. The molecule has 1 amide bonds. The molecule has 0 atom stereocenters. The lowest BCUT2D eigenvalue weighted by molar-refractivity contribution is 0.102. The number of nitrogens with one attached hydrogen (secondary N) is 1. The zero-order valence-electron chi connectivity index (χ0n) is 11.5. The second kappa shape index (κ2) is 6.57. The van der Waals surface area contributed by atoms with Crippen molar-refractivity contribution >= 4 is 51.5 Å². The predicted octanol–water partition coefficient (Wildman–Crippen LogP) is 3.69. The molecular formula is C14H14ClIN4O. The van der Waals surface area contributed by atoms with Crippen molar-refractivity contribution in [2.45, 2.75) is 19.8 Å². The molecule has 0 aliphatic rings. The van der Waals surface area contributed by atoms with E-state index in [1.165, 1.54) is 6.20 Å². The van der Waals surface area contributed by atoms with Gasteiger partial charge in [-0.2, -0.15) is 0 Å². The molecule has 2 rings (SSSR count). The second-order valence-corrected chi connectivity index (χ2v) is 6.42. The van der Waals surface area contributed by atoms with Crippen LogP contribution in [0, 0.1) is 3.57 Å². The number of nitrogens with two attached hydrogens (primary N) is 1. The summed E-state index contributed by atoms with van der Waals surface area (Å²) in [4.78, 5) is 20.6. The number of nitrogen functional groups attached to an aromatic ring is 1. The first-order chi connectivity index (χ1) is 9.88. The molecule has 0 aliphatic heterocycles. The fraction of sp³-hybridized carbons (Fsp3) is 0.214. The molecule has 0 unspecified atom stereocenters. The van der Waals surface area contributed by atoms with Crippen LogP contribution in [0.25, 0.3) is 0 Å². The third-order valence-electron chi connectivity index (χ3n) is 2.75. The molecular weight excluding hydrogens is 403 g/mol. The van der Waals surface area contributed by atoms with E-state index in [0.717, 1.165) is 3.57 Å². The number of halogens is 2. The van der Waals surface area contributed by atoms with Gasteiger partial charge in [0.1, 0.15) is 5.82 Å². The molecule has 0 aliphatic carbocycles. The van der Waals surface area contributed by atoms with E-state index in [1.54, 1.807) is 12.1 Å². The van der Waals surface area contributed by atoms with Gasteiger partial charge in [-0.3, -0.25) is 4.79 Å². The monoisotopic (exact) mass is 416 g/mol. The summed E-state index contributed by atoms with van der Waals surface area (Å²) in [5.74, 6) is 0.280. The number of benzene rings is 1. The second-order valence-electron chi connectivity index (χ2n) is 4.77. The highest BCUT2D eigenvalue weighted by Crippen LogP contribution is 2.25. The number of carbonyl (C=O) groups excluding carboxylic acids is 1. The van der Waals surface area contributed by atoms with E-state index in [4.69, 9.17) is 17.3 Å². The molecule has 5 nitrogen and oxygen atoms in total.